The van der Waals surface area contributed by atoms with Crippen molar-refractivity contribution < 1.29 is 50.8 Å². The molecule has 0 bridgehead atoms. The third kappa shape index (κ3) is 32.8. The van der Waals surface area contributed by atoms with Crippen molar-refractivity contribution in [2.75, 3.05) is 6.54 Å². The van der Waals surface area contributed by atoms with E-state index in [0.717, 1.165) is 13.0 Å². The number of carboxylic acids is 2. The Bertz CT molecular complexity index is 276. The molecule has 0 amide bonds. The zero-order valence-corrected chi connectivity index (χ0v) is 15.8. The summed E-state index contributed by atoms with van der Waals surface area (Å²) in [5, 5.41) is 16.1. The fourth-order valence-corrected chi connectivity index (χ4v) is 1.39. The summed E-state index contributed by atoms with van der Waals surface area (Å²) in [5.41, 5.74) is 0. The van der Waals surface area contributed by atoms with Crippen molar-refractivity contribution in [2.24, 2.45) is 4.99 Å². The van der Waals surface area contributed by atoms with Gasteiger partial charge < -0.3 is 11.6 Å². The first-order valence-electron chi connectivity index (χ1n) is 7.46. The second kappa shape index (κ2) is 21.9. The number of unbranched alkanes of at least 4 members (excludes halogenated alkanes) is 6. The van der Waals surface area contributed by atoms with E-state index in [1.165, 1.54) is 44.7 Å². The molecule has 0 spiro atoms. The predicted octanol–water partition coefficient (Wildman–Crippen LogP) is 0.880. The molecule has 0 radical (unpaired) electrons. The Hall–Kier alpha value is -0.390. The molecule has 0 aromatic carbocycles. The minimum atomic E-state index is -0.807. The molecule has 2 N–H and O–H groups in total. The van der Waals surface area contributed by atoms with Crippen molar-refractivity contribution in [1.82, 2.24) is 0 Å². The van der Waals surface area contributed by atoms with Gasteiger partial charge in [0.05, 0.1) is 6.42 Å². The van der Waals surface area contributed by atoms with Gasteiger partial charge in [-0.3, -0.25) is 14.6 Å². The number of aliphatic imine (C=N–C) groups is 1. The normalized spacial score (nSPS) is 9.62. The number of hydrogen-bond donors (Lipinski definition) is 2. The molecular formula is C15H30NNaO4. The molecule has 21 heavy (non-hydrogen) atoms. The van der Waals surface area contributed by atoms with E-state index in [1.807, 2.05) is 0 Å². The van der Waals surface area contributed by atoms with Crippen LogP contribution in [-0.4, -0.2) is 34.9 Å². The van der Waals surface area contributed by atoms with Crippen LogP contribution in [0.1, 0.15) is 73.1 Å². The van der Waals surface area contributed by atoms with Crippen LogP contribution in [0.4, 0.5) is 0 Å². The summed E-state index contributed by atoms with van der Waals surface area (Å²) in [4.78, 5) is 23.6. The van der Waals surface area contributed by atoms with Crippen LogP contribution in [0.2, 0.25) is 0 Å². The van der Waals surface area contributed by atoms with Gasteiger partial charge in [0.25, 0.3) is 0 Å². The van der Waals surface area contributed by atoms with Crippen LogP contribution in [-0.2, 0) is 9.59 Å². The van der Waals surface area contributed by atoms with Crippen LogP contribution in [0.5, 0.6) is 0 Å². The minimum absolute atomic E-state index is 0. The van der Waals surface area contributed by atoms with Gasteiger partial charge >= 0.3 is 41.5 Å². The maximum Gasteiger partial charge on any atom is 1.00 e. The van der Waals surface area contributed by atoms with Gasteiger partial charge in [0, 0.05) is 19.2 Å². The van der Waals surface area contributed by atoms with Crippen LogP contribution in [0.3, 0.4) is 0 Å². The molecule has 6 heteroatoms. The van der Waals surface area contributed by atoms with E-state index in [4.69, 9.17) is 10.2 Å². The number of aliphatic carboxylic acids is 2. The van der Waals surface area contributed by atoms with Gasteiger partial charge in [0.2, 0.25) is 0 Å². The Morgan fingerprint density at radius 1 is 0.952 bits per heavy atom. The van der Waals surface area contributed by atoms with Crippen LogP contribution < -0.4 is 29.6 Å². The molecular weight excluding hydrogens is 281 g/mol. The summed E-state index contributed by atoms with van der Waals surface area (Å²) in [6.07, 6.45) is 10.7. The molecule has 0 atom stereocenters. The molecule has 0 aliphatic carbocycles. The summed E-state index contributed by atoms with van der Waals surface area (Å²) < 4.78 is 0. The molecule has 0 heterocycles. The maximum absolute atomic E-state index is 10.1. The van der Waals surface area contributed by atoms with E-state index < -0.39 is 11.9 Å². The van der Waals surface area contributed by atoms with E-state index >= 15 is 0 Å². The second-order valence-electron chi connectivity index (χ2n) is 4.56. The second-order valence-corrected chi connectivity index (χ2v) is 4.56. The van der Waals surface area contributed by atoms with Gasteiger partial charge in [-0.2, -0.15) is 0 Å². The largest absolute Gasteiger partial charge is 1.00 e. The van der Waals surface area contributed by atoms with E-state index in [-0.39, 0.29) is 43.8 Å². The summed E-state index contributed by atoms with van der Waals surface area (Å²) in [5.74, 6) is -1.55. The fourth-order valence-electron chi connectivity index (χ4n) is 1.39. The van der Waals surface area contributed by atoms with Crippen molar-refractivity contribution in [2.45, 2.75) is 71.6 Å². The van der Waals surface area contributed by atoms with Gasteiger partial charge in [-0.15, -0.1) is 0 Å². The number of hydrogen-bond acceptors (Lipinski definition) is 3. The summed E-state index contributed by atoms with van der Waals surface area (Å²) in [6.45, 7) is 4.60. The van der Waals surface area contributed by atoms with Gasteiger partial charge in [0.15, 0.2) is 0 Å². The zero-order valence-electron chi connectivity index (χ0n) is 14.8. The first kappa shape index (κ1) is 25.6. The standard InChI is InChI=1S/C12H23NO2.C3H6O2.Na.H/c1-2-3-4-5-6-7-8-10-13-11-9-12(14)15;1-2-3(4)5;;/h11H,2-10H2,1H3,(H,14,15);2H2,1H3,(H,4,5);;/q;;+1;-1. The van der Waals surface area contributed by atoms with Crippen molar-refractivity contribution in [1.29, 1.82) is 0 Å². The Labute approximate surface area is 152 Å². The number of nitrogens with zero attached hydrogens (tertiary/aromatic N) is 1. The Kier molecular flexibility index (Phi) is 26.7. The topological polar surface area (TPSA) is 87.0 Å². The average molecular weight is 311 g/mol. The molecule has 0 aromatic rings. The van der Waals surface area contributed by atoms with Crippen LogP contribution in [0, 0.1) is 0 Å². The Balaban J connectivity index is -0.000000201. The molecule has 5 nitrogen and oxygen atoms in total. The number of carbonyl (C=O) groups is 2. The molecule has 0 saturated carbocycles. The summed E-state index contributed by atoms with van der Waals surface area (Å²) in [7, 11) is 0. The monoisotopic (exact) mass is 311 g/mol. The van der Waals surface area contributed by atoms with Crippen molar-refractivity contribution in [3.05, 3.63) is 0 Å². The molecule has 0 unspecified atom stereocenters. The van der Waals surface area contributed by atoms with Crippen LogP contribution in [0.25, 0.3) is 0 Å². The summed E-state index contributed by atoms with van der Waals surface area (Å²) in [6, 6.07) is 0. The molecule has 0 saturated heterocycles. The van der Waals surface area contributed by atoms with Crippen molar-refractivity contribution in [3.8, 4) is 0 Å². The number of rotatable bonds is 11. The van der Waals surface area contributed by atoms with Crippen molar-refractivity contribution in [3.63, 3.8) is 0 Å². The van der Waals surface area contributed by atoms with E-state index in [1.54, 1.807) is 6.92 Å². The van der Waals surface area contributed by atoms with E-state index in [9.17, 15) is 9.59 Å². The molecule has 0 fully saturated rings. The molecule has 0 rings (SSSR count). The number of carboxylic acid groups (broad SMARTS) is 2. The van der Waals surface area contributed by atoms with Crippen LogP contribution in [0.15, 0.2) is 4.99 Å². The van der Waals surface area contributed by atoms with Crippen molar-refractivity contribution >= 4 is 18.2 Å². The maximum atomic E-state index is 10.1. The first-order chi connectivity index (χ1) is 9.54. The Morgan fingerprint density at radius 2 is 1.43 bits per heavy atom. The van der Waals surface area contributed by atoms with E-state index in [0.29, 0.717) is 0 Å². The third-order valence-electron chi connectivity index (χ3n) is 2.59. The predicted molar refractivity (Wildman–Crippen MR) is 82.6 cm³/mol. The fraction of sp³-hybridized carbons (Fsp3) is 0.800. The summed E-state index contributed by atoms with van der Waals surface area (Å²) >= 11 is 0. The minimum Gasteiger partial charge on any atom is -1.00 e. The first-order valence-corrected chi connectivity index (χ1v) is 7.46. The quantitative estimate of drug-likeness (QED) is 0.337. The molecule has 120 valence electrons. The molecule has 0 aromatic heterocycles. The van der Waals surface area contributed by atoms with Gasteiger partial charge in [0.1, 0.15) is 0 Å². The SMILES string of the molecule is CCC(=O)O.CCCCCCCCCN=CCC(=O)O.[H-].[Na+]. The molecule has 0 aliphatic heterocycles. The van der Waals surface area contributed by atoms with Gasteiger partial charge in [-0.05, 0) is 6.42 Å². The third-order valence-corrected chi connectivity index (χ3v) is 2.59. The smallest absolute Gasteiger partial charge is 1.00 e. The Morgan fingerprint density at radius 3 is 1.86 bits per heavy atom. The van der Waals surface area contributed by atoms with Gasteiger partial charge in [-0.25, -0.2) is 0 Å². The van der Waals surface area contributed by atoms with Gasteiger partial charge in [-0.1, -0.05) is 52.4 Å². The zero-order chi connectivity index (χ0) is 15.6. The average Bonchev–Trinajstić information content (AvgIpc) is 2.41. The van der Waals surface area contributed by atoms with Crippen LogP contribution >= 0.6 is 0 Å². The van der Waals surface area contributed by atoms with E-state index in [2.05, 4.69) is 11.9 Å². The molecule has 0 aliphatic rings.